The van der Waals surface area contributed by atoms with Gasteiger partial charge in [0.1, 0.15) is 0 Å². The fraction of sp³-hybridized carbons (Fsp3) is 0.280. The largest absolute Gasteiger partial charge is 0.463 e. The average molecular weight is 466 g/mol. The fourth-order valence-corrected chi connectivity index (χ4v) is 6.49. The number of benzene rings is 2. The number of carbonyl (C=O) groups excluding carboxylic acids is 2. The molecule has 0 spiro atoms. The Morgan fingerprint density at radius 2 is 1.73 bits per heavy atom. The number of ketones is 1. The molecule has 1 atom stereocenters. The number of amides is 1. The van der Waals surface area contributed by atoms with Gasteiger partial charge in [0.05, 0.1) is 35.7 Å². The van der Waals surface area contributed by atoms with Gasteiger partial charge >= 0.3 is 0 Å². The average Bonchev–Trinajstić information content (AvgIpc) is 3.38. The van der Waals surface area contributed by atoms with E-state index in [0.717, 1.165) is 31.7 Å². The predicted octanol–water partition coefficient (Wildman–Crippen LogP) is 2.20. The highest BCUT2D eigenvalue weighted by Crippen LogP contribution is 2.34. The van der Waals surface area contributed by atoms with E-state index in [1.165, 1.54) is 41.7 Å². The molecule has 1 saturated heterocycles. The van der Waals surface area contributed by atoms with Gasteiger partial charge in [-0.05, 0) is 61.7 Å². The smallest absolute Gasteiger partial charge is 0.251 e. The van der Waals surface area contributed by atoms with Crippen LogP contribution in [-0.2, 0) is 9.84 Å². The van der Waals surface area contributed by atoms with Crippen molar-refractivity contribution in [2.45, 2.75) is 35.1 Å². The van der Waals surface area contributed by atoms with Crippen LogP contribution in [0.3, 0.4) is 0 Å². The number of fused-ring (bicyclic) bond motifs is 2. The highest BCUT2D eigenvalue weighted by atomic mass is 32.2. The van der Waals surface area contributed by atoms with E-state index in [2.05, 4.69) is 5.32 Å². The van der Waals surface area contributed by atoms with Gasteiger partial charge in [-0.2, -0.15) is 0 Å². The third-order valence-electron chi connectivity index (χ3n) is 6.54. The summed E-state index contributed by atoms with van der Waals surface area (Å²) in [7, 11) is -3.89. The first kappa shape index (κ1) is 21.6. The summed E-state index contributed by atoms with van der Waals surface area (Å²) >= 11 is 0. The molecule has 2 N–H and O–H groups in total. The predicted molar refractivity (Wildman–Crippen MR) is 120 cm³/mol. The van der Waals surface area contributed by atoms with Crippen LogP contribution in [0, 0.1) is 0 Å². The molecule has 0 aliphatic carbocycles. The number of furan rings is 1. The topological polar surface area (TPSA) is 97.9 Å². The van der Waals surface area contributed by atoms with E-state index in [4.69, 9.17) is 4.42 Å². The second-order valence-electron chi connectivity index (χ2n) is 8.54. The lowest BCUT2D eigenvalue weighted by Crippen LogP contribution is -3.13. The maximum Gasteiger partial charge on any atom is 0.251 e. The molecular formula is C25H25N2O5S+. The van der Waals surface area contributed by atoms with Gasteiger partial charge in [0.2, 0.25) is 9.84 Å². The Hall–Kier alpha value is -3.23. The van der Waals surface area contributed by atoms with Crippen LogP contribution in [-0.4, -0.2) is 39.7 Å². The second-order valence-corrected chi connectivity index (χ2v) is 10.4. The van der Waals surface area contributed by atoms with Crippen LogP contribution in [0.4, 0.5) is 0 Å². The summed E-state index contributed by atoms with van der Waals surface area (Å²) in [4.78, 5) is 27.0. The van der Waals surface area contributed by atoms with Crippen molar-refractivity contribution in [3.63, 3.8) is 0 Å². The van der Waals surface area contributed by atoms with Crippen molar-refractivity contribution >= 4 is 21.5 Å². The van der Waals surface area contributed by atoms with E-state index >= 15 is 0 Å². The van der Waals surface area contributed by atoms with Gasteiger partial charge in [-0.15, -0.1) is 0 Å². The van der Waals surface area contributed by atoms with E-state index in [9.17, 15) is 18.0 Å². The Morgan fingerprint density at radius 1 is 0.970 bits per heavy atom. The molecule has 0 radical (unpaired) electrons. The Labute approximate surface area is 192 Å². The molecule has 5 rings (SSSR count). The van der Waals surface area contributed by atoms with E-state index in [0.29, 0.717) is 6.54 Å². The standard InChI is InChI=1S/C25H24N2O5S/c28-24-18-7-2-3-9-22(18)33(30,31)23-15-17(10-11-19(23)24)25(29)26-16-20(21-8-6-14-32-21)27-12-4-1-5-13-27/h2-3,6-11,14-15,20H,1,4-5,12-13,16H2,(H,26,29)/p+1/t20-/m0/s1. The Morgan fingerprint density at radius 3 is 2.48 bits per heavy atom. The Balaban J connectivity index is 1.40. The second kappa shape index (κ2) is 8.61. The number of hydrogen-bond acceptors (Lipinski definition) is 5. The molecule has 1 aromatic heterocycles. The number of nitrogens with one attached hydrogen (secondary N) is 2. The van der Waals surface area contributed by atoms with Crippen LogP contribution in [0.15, 0.2) is 75.1 Å². The molecule has 7 nitrogen and oxygen atoms in total. The van der Waals surface area contributed by atoms with Crippen LogP contribution < -0.4 is 10.2 Å². The zero-order valence-corrected chi connectivity index (χ0v) is 18.9. The number of likely N-dealkylation sites (tertiary alicyclic amines) is 1. The van der Waals surface area contributed by atoms with Gasteiger partial charge in [-0.1, -0.05) is 12.1 Å². The maximum absolute atomic E-state index is 13.1. The number of quaternary nitrogens is 1. The SMILES string of the molecule is O=C(NC[C@@H](c1ccco1)[NH+]1CCCCC1)c1ccc2c(c1)S(=O)(=O)c1ccccc1C2=O. The summed E-state index contributed by atoms with van der Waals surface area (Å²) in [5, 5.41) is 2.95. The van der Waals surface area contributed by atoms with Gasteiger partial charge in [-0.3, -0.25) is 9.59 Å². The Kier molecular flexibility index (Phi) is 5.64. The molecule has 0 saturated carbocycles. The van der Waals surface area contributed by atoms with Crippen molar-refractivity contribution < 1.29 is 27.3 Å². The normalized spacial score (nSPS) is 18.2. The molecule has 3 heterocycles. The Bertz CT molecular complexity index is 1310. The van der Waals surface area contributed by atoms with E-state index < -0.39 is 9.84 Å². The number of piperidine rings is 1. The van der Waals surface area contributed by atoms with Gasteiger partial charge in [0, 0.05) is 16.7 Å². The zero-order chi connectivity index (χ0) is 23.0. The van der Waals surface area contributed by atoms with Crippen molar-refractivity contribution in [1.82, 2.24) is 5.32 Å². The summed E-state index contributed by atoms with van der Waals surface area (Å²) < 4.78 is 31.9. The van der Waals surface area contributed by atoms with Crippen molar-refractivity contribution in [3.05, 3.63) is 83.3 Å². The molecular weight excluding hydrogens is 440 g/mol. The highest BCUT2D eigenvalue weighted by molar-refractivity contribution is 7.91. The lowest BCUT2D eigenvalue weighted by atomic mass is 10.0. The van der Waals surface area contributed by atoms with E-state index in [1.54, 1.807) is 18.4 Å². The zero-order valence-electron chi connectivity index (χ0n) is 18.0. The maximum atomic E-state index is 13.1. The summed E-state index contributed by atoms with van der Waals surface area (Å²) in [5.41, 5.74) is 0.459. The molecule has 8 heteroatoms. The number of sulfone groups is 1. The third kappa shape index (κ3) is 3.89. The van der Waals surface area contributed by atoms with E-state index in [1.807, 2.05) is 12.1 Å². The fourth-order valence-electron chi connectivity index (χ4n) is 4.81. The van der Waals surface area contributed by atoms with Crippen molar-refractivity contribution in [2.24, 2.45) is 0 Å². The third-order valence-corrected chi connectivity index (χ3v) is 8.39. The minimum absolute atomic E-state index is 0.0148. The summed E-state index contributed by atoms with van der Waals surface area (Å²) in [5.74, 6) is 0.0867. The monoisotopic (exact) mass is 465 g/mol. The molecule has 0 unspecified atom stereocenters. The molecule has 170 valence electrons. The van der Waals surface area contributed by atoms with Crippen LogP contribution in [0.1, 0.15) is 57.3 Å². The number of carbonyl (C=O) groups is 2. The first-order chi connectivity index (χ1) is 16.0. The molecule has 1 amide bonds. The lowest BCUT2D eigenvalue weighted by molar-refractivity contribution is -0.936. The van der Waals surface area contributed by atoms with Crippen molar-refractivity contribution in [1.29, 1.82) is 0 Å². The van der Waals surface area contributed by atoms with Crippen molar-refractivity contribution in [2.75, 3.05) is 19.6 Å². The van der Waals surface area contributed by atoms with Gasteiger partial charge in [-0.25, -0.2) is 8.42 Å². The van der Waals surface area contributed by atoms with Crippen molar-refractivity contribution in [3.8, 4) is 0 Å². The molecule has 2 aliphatic rings. The van der Waals surface area contributed by atoms with Crippen LogP contribution in [0.25, 0.3) is 0 Å². The van der Waals surface area contributed by atoms with Crippen LogP contribution in [0.2, 0.25) is 0 Å². The minimum atomic E-state index is -3.89. The summed E-state index contributed by atoms with van der Waals surface area (Å²) in [6, 6.07) is 14.2. The number of hydrogen-bond donors (Lipinski definition) is 2. The first-order valence-electron chi connectivity index (χ1n) is 11.2. The molecule has 33 heavy (non-hydrogen) atoms. The van der Waals surface area contributed by atoms with Gasteiger partial charge < -0.3 is 14.6 Å². The molecule has 1 fully saturated rings. The molecule has 3 aromatic rings. The lowest BCUT2D eigenvalue weighted by Gasteiger charge is -2.30. The highest BCUT2D eigenvalue weighted by Gasteiger charge is 2.35. The quantitative estimate of drug-likeness (QED) is 0.471. The number of rotatable bonds is 5. The van der Waals surface area contributed by atoms with Crippen LogP contribution in [0.5, 0.6) is 0 Å². The van der Waals surface area contributed by atoms with E-state index in [-0.39, 0.29) is 44.2 Å². The summed E-state index contributed by atoms with van der Waals surface area (Å²) in [6.45, 7) is 2.40. The van der Waals surface area contributed by atoms with Crippen LogP contribution >= 0.6 is 0 Å². The minimum Gasteiger partial charge on any atom is -0.463 e. The first-order valence-corrected chi connectivity index (χ1v) is 12.6. The molecule has 2 aliphatic heterocycles. The molecule has 0 bridgehead atoms. The molecule has 2 aromatic carbocycles. The van der Waals surface area contributed by atoms with Gasteiger partial charge in [0.15, 0.2) is 17.6 Å². The van der Waals surface area contributed by atoms with Gasteiger partial charge in [0.25, 0.3) is 5.91 Å². The summed E-state index contributed by atoms with van der Waals surface area (Å²) in [6.07, 6.45) is 5.13.